The van der Waals surface area contributed by atoms with Crippen LogP contribution < -0.4 is 16.8 Å². The predicted octanol–water partition coefficient (Wildman–Crippen LogP) is -0.606. The van der Waals surface area contributed by atoms with Crippen molar-refractivity contribution in [1.29, 1.82) is 0 Å². The topological polar surface area (TPSA) is 64.1 Å². The largest absolute Gasteiger partial charge is 0.401 e. The minimum absolute atomic E-state index is 0.0208. The van der Waals surface area contributed by atoms with Crippen molar-refractivity contribution in [2.75, 3.05) is 7.05 Å². The molecule has 0 saturated heterocycles. The minimum atomic E-state index is 0.0208. The van der Waals surface area contributed by atoms with Gasteiger partial charge in [-0.25, -0.2) is 0 Å². The van der Waals surface area contributed by atoms with Gasteiger partial charge in [-0.2, -0.15) is 0 Å². The summed E-state index contributed by atoms with van der Waals surface area (Å²) in [6.07, 6.45) is 0. The highest BCUT2D eigenvalue weighted by Gasteiger charge is 2.10. The van der Waals surface area contributed by atoms with Gasteiger partial charge in [-0.3, -0.25) is 0 Å². The molecule has 0 aliphatic heterocycles. The number of hydrogen-bond acceptors (Lipinski definition) is 3. The fourth-order valence-electron chi connectivity index (χ4n) is 0.786. The van der Waals surface area contributed by atoms with Crippen molar-refractivity contribution in [2.24, 2.45) is 11.5 Å². The van der Waals surface area contributed by atoms with Crippen molar-refractivity contribution in [3.8, 4) is 0 Å². The molecule has 0 rings (SSSR count). The lowest BCUT2D eigenvalue weighted by Gasteiger charge is -2.19. The molecule has 0 spiro atoms. The van der Waals surface area contributed by atoms with E-state index in [-0.39, 0.29) is 12.1 Å². The Bertz CT molecular complexity index is 98.5. The third-order valence-electron chi connectivity index (χ3n) is 1.24. The van der Waals surface area contributed by atoms with E-state index in [1.807, 2.05) is 14.0 Å². The predicted molar refractivity (Wildman–Crippen MR) is 39.8 cm³/mol. The highest BCUT2D eigenvalue weighted by molar-refractivity contribution is 5.03. The molecule has 0 aromatic heterocycles. The molecule has 0 bridgehead atoms. The normalized spacial score (nSPS) is 16.8. The van der Waals surface area contributed by atoms with Crippen molar-refractivity contribution < 1.29 is 0 Å². The molecular formula is C6H15N3. The van der Waals surface area contributed by atoms with Gasteiger partial charge in [-0.05, 0) is 14.0 Å². The third-order valence-corrected chi connectivity index (χ3v) is 1.24. The van der Waals surface area contributed by atoms with Crippen LogP contribution in [0, 0.1) is 0 Å². The summed E-state index contributed by atoms with van der Waals surface area (Å²) >= 11 is 0. The van der Waals surface area contributed by atoms with Gasteiger partial charge in [0.2, 0.25) is 0 Å². The van der Waals surface area contributed by atoms with Crippen LogP contribution in [0.25, 0.3) is 0 Å². The van der Waals surface area contributed by atoms with Crippen LogP contribution in [0.15, 0.2) is 12.3 Å². The van der Waals surface area contributed by atoms with Crippen LogP contribution in [0.1, 0.15) is 6.92 Å². The molecule has 9 heavy (non-hydrogen) atoms. The van der Waals surface area contributed by atoms with Gasteiger partial charge in [0.25, 0.3) is 0 Å². The first-order valence-corrected chi connectivity index (χ1v) is 2.96. The zero-order chi connectivity index (χ0) is 7.44. The molecule has 3 heteroatoms. The van der Waals surface area contributed by atoms with Gasteiger partial charge in [-0.15, -0.1) is 0 Å². The fraction of sp³-hybridized carbons (Fsp3) is 0.667. The van der Waals surface area contributed by atoms with Gasteiger partial charge in [0.05, 0.1) is 6.04 Å². The quantitative estimate of drug-likeness (QED) is 0.476. The first-order valence-electron chi connectivity index (χ1n) is 2.96. The van der Waals surface area contributed by atoms with Crippen LogP contribution in [0.5, 0.6) is 0 Å². The van der Waals surface area contributed by atoms with E-state index in [9.17, 15) is 0 Å². The smallest absolute Gasteiger partial charge is 0.0609 e. The van der Waals surface area contributed by atoms with Gasteiger partial charge in [0.1, 0.15) is 0 Å². The van der Waals surface area contributed by atoms with Crippen LogP contribution in [0.3, 0.4) is 0 Å². The van der Waals surface area contributed by atoms with E-state index in [2.05, 4.69) is 11.9 Å². The third kappa shape index (κ3) is 2.49. The average Bonchev–Trinajstić information content (AvgIpc) is 1.64. The van der Waals surface area contributed by atoms with Crippen LogP contribution >= 0.6 is 0 Å². The maximum atomic E-state index is 5.54. The summed E-state index contributed by atoms with van der Waals surface area (Å²) in [6.45, 7) is 5.47. The van der Waals surface area contributed by atoms with Gasteiger partial charge < -0.3 is 16.8 Å². The number of nitrogens with two attached hydrogens (primary N) is 2. The maximum absolute atomic E-state index is 5.54. The second-order valence-electron chi connectivity index (χ2n) is 2.20. The molecule has 0 aromatic carbocycles. The standard InChI is InChI=1S/C6H15N3/c1-4(7)6(9-3)5(2)8/h5-6,9H,1,7-8H2,2-3H3. The van der Waals surface area contributed by atoms with Crippen LogP contribution in [-0.4, -0.2) is 19.1 Å². The maximum Gasteiger partial charge on any atom is 0.0609 e. The Morgan fingerprint density at radius 2 is 2.11 bits per heavy atom. The molecule has 0 aliphatic carbocycles. The minimum Gasteiger partial charge on any atom is -0.401 e. The first kappa shape index (κ1) is 8.46. The Hall–Kier alpha value is -0.540. The molecule has 5 N–H and O–H groups in total. The molecule has 0 aromatic rings. The Morgan fingerprint density at radius 3 is 2.11 bits per heavy atom. The summed E-state index contributed by atoms with van der Waals surface area (Å²) in [5, 5.41) is 2.95. The summed E-state index contributed by atoms with van der Waals surface area (Å²) in [5.41, 5.74) is 11.5. The monoisotopic (exact) mass is 129 g/mol. The number of hydrogen-bond donors (Lipinski definition) is 3. The molecule has 3 nitrogen and oxygen atoms in total. The highest BCUT2D eigenvalue weighted by atomic mass is 14.9. The van der Waals surface area contributed by atoms with Crippen molar-refractivity contribution in [3.05, 3.63) is 12.3 Å². The molecule has 0 amide bonds. The lowest BCUT2D eigenvalue weighted by molar-refractivity contribution is 0.537. The lowest BCUT2D eigenvalue weighted by atomic mass is 10.1. The van der Waals surface area contributed by atoms with Gasteiger partial charge in [0.15, 0.2) is 0 Å². The SMILES string of the molecule is C=C(N)C(NC)C(C)N. The van der Waals surface area contributed by atoms with E-state index in [1.165, 1.54) is 0 Å². The molecule has 2 unspecified atom stereocenters. The van der Waals surface area contributed by atoms with E-state index in [4.69, 9.17) is 11.5 Å². The molecule has 2 atom stereocenters. The molecule has 0 heterocycles. The lowest BCUT2D eigenvalue weighted by Crippen LogP contribution is -2.44. The van der Waals surface area contributed by atoms with Crippen molar-refractivity contribution in [3.63, 3.8) is 0 Å². The molecule has 54 valence electrons. The summed E-state index contributed by atoms with van der Waals surface area (Å²) in [6, 6.07) is 0.0532. The average molecular weight is 129 g/mol. The van der Waals surface area contributed by atoms with Crippen molar-refractivity contribution in [2.45, 2.75) is 19.0 Å². The van der Waals surface area contributed by atoms with Crippen LogP contribution in [-0.2, 0) is 0 Å². The Morgan fingerprint density at radius 1 is 1.67 bits per heavy atom. The zero-order valence-corrected chi connectivity index (χ0v) is 6.02. The fourth-order valence-corrected chi connectivity index (χ4v) is 0.786. The molecule has 0 radical (unpaired) electrons. The molecule has 0 fully saturated rings. The summed E-state index contributed by atoms with van der Waals surface area (Å²) in [7, 11) is 1.81. The van der Waals surface area contributed by atoms with E-state index in [0.717, 1.165) is 0 Å². The summed E-state index contributed by atoms with van der Waals surface area (Å²) in [4.78, 5) is 0. The number of nitrogens with one attached hydrogen (secondary N) is 1. The Kier molecular flexibility index (Phi) is 3.27. The highest BCUT2D eigenvalue weighted by Crippen LogP contribution is 1.93. The first-order chi connectivity index (χ1) is 4.09. The molecular weight excluding hydrogens is 114 g/mol. The van der Waals surface area contributed by atoms with Crippen molar-refractivity contribution >= 4 is 0 Å². The Labute approximate surface area is 56.1 Å². The van der Waals surface area contributed by atoms with Crippen molar-refractivity contribution in [1.82, 2.24) is 5.32 Å². The zero-order valence-electron chi connectivity index (χ0n) is 6.02. The van der Waals surface area contributed by atoms with Crippen LogP contribution in [0.2, 0.25) is 0 Å². The van der Waals surface area contributed by atoms with Gasteiger partial charge >= 0.3 is 0 Å². The summed E-state index contributed by atoms with van der Waals surface area (Å²) in [5.74, 6) is 0. The Balaban J connectivity index is 3.83. The number of likely N-dealkylation sites (N-methyl/N-ethyl adjacent to an activating group) is 1. The van der Waals surface area contributed by atoms with Crippen LogP contribution in [0.4, 0.5) is 0 Å². The van der Waals surface area contributed by atoms with E-state index < -0.39 is 0 Å². The second-order valence-corrected chi connectivity index (χ2v) is 2.20. The molecule has 0 aliphatic rings. The van der Waals surface area contributed by atoms with Gasteiger partial charge in [-0.1, -0.05) is 6.58 Å². The van der Waals surface area contributed by atoms with Gasteiger partial charge in [0, 0.05) is 11.7 Å². The van der Waals surface area contributed by atoms with E-state index >= 15 is 0 Å². The number of rotatable bonds is 3. The van der Waals surface area contributed by atoms with E-state index in [1.54, 1.807) is 0 Å². The summed E-state index contributed by atoms with van der Waals surface area (Å²) < 4.78 is 0. The van der Waals surface area contributed by atoms with E-state index in [0.29, 0.717) is 5.70 Å². The molecule has 0 saturated carbocycles. The second kappa shape index (κ2) is 3.48.